The van der Waals surface area contributed by atoms with Gasteiger partial charge in [-0.1, -0.05) is 23.7 Å². The molecule has 0 saturated heterocycles. The molecule has 0 spiro atoms. The van der Waals surface area contributed by atoms with Gasteiger partial charge in [0.1, 0.15) is 0 Å². The van der Waals surface area contributed by atoms with Gasteiger partial charge in [0.15, 0.2) is 11.5 Å². The minimum absolute atomic E-state index is 0.159. The van der Waals surface area contributed by atoms with E-state index in [1.165, 1.54) is 0 Å². The van der Waals surface area contributed by atoms with E-state index >= 15 is 0 Å². The Kier molecular flexibility index (Phi) is 6.68. The van der Waals surface area contributed by atoms with Crippen molar-refractivity contribution in [3.05, 3.63) is 52.5 Å². The van der Waals surface area contributed by atoms with Crippen LogP contribution in [0.4, 0.5) is 0 Å². The van der Waals surface area contributed by atoms with Gasteiger partial charge < -0.3 is 19.1 Å². The van der Waals surface area contributed by atoms with Gasteiger partial charge >= 0.3 is 0 Å². The Labute approximate surface area is 171 Å². The second-order valence-corrected chi connectivity index (χ2v) is 7.35. The van der Waals surface area contributed by atoms with Gasteiger partial charge in [-0.15, -0.1) is 0 Å². The smallest absolute Gasteiger partial charge is 0.223 e. The number of methoxy groups -OCH3 is 3. The van der Waals surface area contributed by atoms with Gasteiger partial charge in [-0.2, -0.15) is 0 Å². The highest BCUT2D eigenvalue weighted by Crippen LogP contribution is 2.38. The van der Waals surface area contributed by atoms with Crippen LogP contribution in [0.25, 0.3) is 0 Å². The second-order valence-electron chi connectivity index (χ2n) is 6.91. The van der Waals surface area contributed by atoms with E-state index < -0.39 is 0 Å². The minimum atomic E-state index is 0.159. The first-order valence-electron chi connectivity index (χ1n) is 9.38. The van der Waals surface area contributed by atoms with Gasteiger partial charge in [-0.3, -0.25) is 4.79 Å². The number of ether oxygens (including phenoxy) is 3. The zero-order chi connectivity index (χ0) is 20.1. The van der Waals surface area contributed by atoms with E-state index in [0.29, 0.717) is 47.7 Å². The van der Waals surface area contributed by atoms with Gasteiger partial charge in [0.05, 0.1) is 21.3 Å². The molecule has 150 valence electrons. The van der Waals surface area contributed by atoms with Gasteiger partial charge in [-0.25, -0.2) is 0 Å². The van der Waals surface area contributed by atoms with Gasteiger partial charge in [-0.05, 0) is 54.7 Å². The SMILES string of the molecule is COc1cc(CCC(=O)N(Cc2ccc(Cl)cc2)C2CC2)cc(OC)c1OC. The van der Waals surface area contributed by atoms with E-state index in [0.717, 1.165) is 24.0 Å². The molecule has 1 aliphatic carbocycles. The van der Waals surface area contributed by atoms with Crippen LogP contribution in [0.2, 0.25) is 5.02 Å². The molecule has 0 aromatic heterocycles. The van der Waals surface area contributed by atoms with Crippen LogP contribution in [-0.4, -0.2) is 38.2 Å². The normalized spacial score (nSPS) is 13.1. The highest BCUT2D eigenvalue weighted by atomic mass is 35.5. The van der Waals surface area contributed by atoms with Crippen molar-refractivity contribution in [3.63, 3.8) is 0 Å². The molecule has 0 atom stereocenters. The van der Waals surface area contributed by atoms with E-state index in [1.807, 2.05) is 41.3 Å². The first-order chi connectivity index (χ1) is 13.5. The monoisotopic (exact) mass is 403 g/mol. The molecule has 1 amide bonds. The van der Waals surface area contributed by atoms with Crippen molar-refractivity contribution >= 4 is 17.5 Å². The highest BCUT2D eigenvalue weighted by molar-refractivity contribution is 6.30. The molecule has 0 aliphatic heterocycles. The Morgan fingerprint density at radius 1 is 1.00 bits per heavy atom. The maximum atomic E-state index is 12.9. The third-order valence-electron chi connectivity index (χ3n) is 4.93. The van der Waals surface area contributed by atoms with Crippen molar-refractivity contribution in [2.75, 3.05) is 21.3 Å². The second kappa shape index (κ2) is 9.20. The number of benzene rings is 2. The summed E-state index contributed by atoms with van der Waals surface area (Å²) in [5.74, 6) is 1.92. The third-order valence-corrected chi connectivity index (χ3v) is 5.18. The van der Waals surface area contributed by atoms with Crippen molar-refractivity contribution in [3.8, 4) is 17.2 Å². The van der Waals surface area contributed by atoms with Gasteiger partial charge in [0.25, 0.3) is 0 Å². The van der Waals surface area contributed by atoms with Crippen molar-refractivity contribution < 1.29 is 19.0 Å². The summed E-state index contributed by atoms with van der Waals surface area (Å²) in [7, 11) is 4.76. The molecule has 5 nitrogen and oxygen atoms in total. The number of amides is 1. The summed E-state index contributed by atoms with van der Waals surface area (Å²) in [6, 6.07) is 11.8. The molecule has 2 aromatic carbocycles. The molecule has 0 bridgehead atoms. The maximum absolute atomic E-state index is 12.9. The largest absolute Gasteiger partial charge is 0.493 e. The lowest BCUT2D eigenvalue weighted by Gasteiger charge is -2.23. The molecule has 1 saturated carbocycles. The number of hydrogen-bond acceptors (Lipinski definition) is 4. The van der Waals surface area contributed by atoms with Crippen LogP contribution in [0, 0.1) is 0 Å². The van der Waals surface area contributed by atoms with Gasteiger partial charge in [0, 0.05) is 24.0 Å². The Hall–Kier alpha value is -2.40. The number of hydrogen-bond donors (Lipinski definition) is 0. The summed E-state index contributed by atoms with van der Waals surface area (Å²) in [5.41, 5.74) is 2.07. The van der Waals surface area contributed by atoms with Crippen LogP contribution >= 0.6 is 11.6 Å². The Bertz CT molecular complexity index is 793. The van der Waals surface area contributed by atoms with Crippen LogP contribution in [0.5, 0.6) is 17.2 Å². The fourth-order valence-corrected chi connectivity index (χ4v) is 3.39. The predicted molar refractivity (Wildman–Crippen MR) is 109 cm³/mol. The molecule has 3 rings (SSSR count). The lowest BCUT2D eigenvalue weighted by atomic mass is 10.1. The van der Waals surface area contributed by atoms with Crippen LogP contribution in [0.3, 0.4) is 0 Å². The fraction of sp³-hybridized carbons (Fsp3) is 0.409. The van der Waals surface area contributed by atoms with Crippen molar-refractivity contribution in [2.24, 2.45) is 0 Å². The van der Waals surface area contributed by atoms with E-state index in [9.17, 15) is 4.79 Å². The first kappa shape index (κ1) is 20.3. The van der Waals surface area contributed by atoms with Crippen LogP contribution in [0.1, 0.15) is 30.4 Å². The van der Waals surface area contributed by atoms with Crippen LogP contribution in [0.15, 0.2) is 36.4 Å². The van der Waals surface area contributed by atoms with E-state index in [2.05, 4.69) is 0 Å². The van der Waals surface area contributed by atoms with Crippen molar-refractivity contribution in [2.45, 2.75) is 38.3 Å². The summed E-state index contributed by atoms with van der Waals surface area (Å²) >= 11 is 5.96. The first-order valence-corrected chi connectivity index (χ1v) is 9.76. The molecule has 6 heteroatoms. The number of halogens is 1. The topological polar surface area (TPSA) is 48.0 Å². The summed E-state index contributed by atoms with van der Waals surface area (Å²) in [4.78, 5) is 14.9. The molecule has 0 unspecified atom stereocenters. The van der Waals surface area contributed by atoms with Crippen LogP contribution in [-0.2, 0) is 17.8 Å². The Balaban J connectivity index is 1.68. The number of rotatable bonds is 9. The van der Waals surface area contributed by atoms with Crippen molar-refractivity contribution in [1.82, 2.24) is 4.90 Å². The summed E-state index contributed by atoms with van der Waals surface area (Å²) in [5, 5.41) is 0.704. The van der Waals surface area contributed by atoms with Gasteiger partial charge in [0.2, 0.25) is 11.7 Å². The molecule has 1 fully saturated rings. The molecular weight excluding hydrogens is 378 g/mol. The maximum Gasteiger partial charge on any atom is 0.223 e. The third kappa shape index (κ3) is 4.90. The molecular formula is C22H26ClNO4. The molecule has 0 heterocycles. The minimum Gasteiger partial charge on any atom is -0.493 e. The number of aryl methyl sites for hydroxylation is 1. The Morgan fingerprint density at radius 2 is 1.61 bits per heavy atom. The molecule has 1 aliphatic rings. The predicted octanol–water partition coefficient (Wildman–Crippen LogP) is 4.49. The molecule has 0 N–H and O–H groups in total. The lowest BCUT2D eigenvalue weighted by Crippen LogP contribution is -2.32. The highest BCUT2D eigenvalue weighted by Gasteiger charge is 2.32. The quantitative estimate of drug-likeness (QED) is 0.619. The zero-order valence-electron chi connectivity index (χ0n) is 16.5. The standard InChI is InChI=1S/C22H26ClNO4/c1-26-19-12-16(13-20(27-2)22(19)28-3)6-11-21(25)24(18-9-10-18)14-15-4-7-17(23)8-5-15/h4-5,7-8,12-13,18H,6,9-11,14H2,1-3H3. The zero-order valence-corrected chi connectivity index (χ0v) is 17.3. The number of nitrogens with zero attached hydrogens (tertiary/aromatic N) is 1. The molecule has 2 aromatic rings. The summed E-state index contributed by atoms with van der Waals surface area (Å²) < 4.78 is 16.2. The summed E-state index contributed by atoms with van der Waals surface area (Å²) in [6.45, 7) is 0.621. The fourth-order valence-electron chi connectivity index (χ4n) is 3.27. The van der Waals surface area contributed by atoms with Crippen molar-refractivity contribution in [1.29, 1.82) is 0 Å². The average molecular weight is 404 g/mol. The van der Waals surface area contributed by atoms with E-state index in [-0.39, 0.29) is 5.91 Å². The number of carbonyl (C=O) groups is 1. The lowest BCUT2D eigenvalue weighted by molar-refractivity contribution is -0.132. The average Bonchev–Trinajstić information content (AvgIpc) is 3.55. The Morgan fingerprint density at radius 3 is 2.11 bits per heavy atom. The molecule has 28 heavy (non-hydrogen) atoms. The molecule has 0 radical (unpaired) electrons. The van der Waals surface area contributed by atoms with E-state index in [1.54, 1.807) is 21.3 Å². The number of carbonyl (C=O) groups excluding carboxylic acids is 1. The van der Waals surface area contributed by atoms with Crippen LogP contribution < -0.4 is 14.2 Å². The summed E-state index contributed by atoms with van der Waals surface area (Å²) in [6.07, 6.45) is 3.19. The van der Waals surface area contributed by atoms with E-state index in [4.69, 9.17) is 25.8 Å².